The molecular weight excluding hydrogens is 196 g/mol. The van der Waals surface area contributed by atoms with Crippen molar-refractivity contribution < 1.29 is 0 Å². The Bertz CT molecular complexity index is 365. The van der Waals surface area contributed by atoms with Gasteiger partial charge in [-0.3, -0.25) is 0 Å². The summed E-state index contributed by atoms with van der Waals surface area (Å²) in [6.45, 7) is 1.09. The highest BCUT2D eigenvalue weighted by Gasteiger charge is 2.33. The molecule has 0 radical (unpaired) electrons. The van der Waals surface area contributed by atoms with Crippen molar-refractivity contribution in [3.8, 4) is 0 Å². The maximum atomic E-state index is 3.79. The van der Waals surface area contributed by atoms with Crippen LogP contribution in [0.25, 0.3) is 0 Å². The zero-order chi connectivity index (χ0) is 10.8. The van der Waals surface area contributed by atoms with Crippen molar-refractivity contribution in [3.05, 3.63) is 24.3 Å². The lowest BCUT2D eigenvalue weighted by Gasteiger charge is -2.40. The molecule has 1 heterocycles. The maximum absolute atomic E-state index is 3.79. The lowest BCUT2D eigenvalue weighted by Crippen LogP contribution is -2.47. The van der Waals surface area contributed by atoms with Crippen LogP contribution < -0.4 is 10.6 Å². The van der Waals surface area contributed by atoms with E-state index in [-0.39, 0.29) is 0 Å². The van der Waals surface area contributed by atoms with Gasteiger partial charge in [-0.15, -0.1) is 0 Å². The van der Waals surface area contributed by atoms with E-state index in [1.807, 2.05) is 0 Å². The van der Waals surface area contributed by atoms with Crippen molar-refractivity contribution in [3.63, 3.8) is 0 Å². The van der Waals surface area contributed by atoms with Gasteiger partial charge >= 0.3 is 0 Å². The van der Waals surface area contributed by atoms with Crippen LogP contribution in [0.3, 0.4) is 0 Å². The normalized spacial score (nSPS) is 22.8. The Hall–Kier alpha value is -1.18. The Morgan fingerprint density at radius 3 is 2.31 bits per heavy atom. The summed E-state index contributed by atoms with van der Waals surface area (Å²) >= 11 is 0. The minimum atomic E-state index is 0.324. The number of hydrogen-bond donors (Lipinski definition) is 2. The number of fused-ring (bicyclic) bond motifs is 1. The van der Waals surface area contributed by atoms with Gasteiger partial charge in [0.1, 0.15) is 0 Å². The Labute approximate surface area is 97.4 Å². The molecule has 2 nitrogen and oxygen atoms in total. The lowest BCUT2D eigenvalue weighted by atomic mass is 9.88. The van der Waals surface area contributed by atoms with E-state index in [9.17, 15) is 0 Å². The quantitative estimate of drug-likeness (QED) is 0.692. The summed E-state index contributed by atoms with van der Waals surface area (Å²) in [6.07, 6.45) is 8.19. The molecule has 16 heavy (non-hydrogen) atoms. The second kappa shape index (κ2) is 4.00. The first kappa shape index (κ1) is 10.0. The fourth-order valence-corrected chi connectivity index (χ4v) is 3.05. The van der Waals surface area contributed by atoms with Crippen molar-refractivity contribution in [2.45, 2.75) is 44.1 Å². The molecule has 86 valence electrons. The molecule has 0 saturated heterocycles. The Morgan fingerprint density at radius 1 is 0.875 bits per heavy atom. The largest absolute Gasteiger partial charge is 0.381 e. The molecule has 0 atom stereocenters. The minimum Gasteiger partial charge on any atom is -0.381 e. The van der Waals surface area contributed by atoms with E-state index >= 15 is 0 Å². The first-order valence-electron chi connectivity index (χ1n) is 6.49. The number of nitrogens with one attached hydrogen (secondary N) is 2. The molecule has 0 amide bonds. The number of rotatable bonds is 0. The van der Waals surface area contributed by atoms with E-state index in [4.69, 9.17) is 0 Å². The van der Waals surface area contributed by atoms with Crippen LogP contribution in [0.4, 0.5) is 11.4 Å². The predicted molar refractivity (Wildman–Crippen MR) is 69.0 cm³/mol. The summed E-state index contributed by atoms with van der Waals surface area (Å²) in [6, 6.07) is 8.56. The molecule has 2 aliphatic rings. The highest BCUT2D eigenvalue weighted by atomic mass is 15.1. The topological polar surface area (TPSA) is 24.1 Å². The Balaban J connectivity index is 1.85. The van der Waals surface area contributed by atoms with Gasteiger partial charge in [-0.2, -0.15) is 0 Å². The van der Waals surface area contributed by atoms with Gasteiger partial charge in [-0.1, -0.05) is 37.8 Å². The monoisotopic (exact) mass is 216 g/mol. The molecule has 2 N–H and O–H groups in total. The van der Waals surface area contributed by atoms with Crippen molar-refractivity contribution in [2.24, 2.45) is 0 Å². The second-order valence-corrected chi connectivity index (χ2v) is 5.22. The first-order chi connectivity index (χ1) is 7.88. The fraction of sp³-hybridized carbons (Fsp3) is 0.571. The molecule has 1 spiro atoms. The lowest BCUT2D eigenvalue weighted by molar-refractivity contribution is 0.423. The summed E-state index contributed by atoms with van der Waals surface area (Å²) in [5.74, 6) is 0. The van der Waals surface area contributed by atoms with Gasteiger partial charge in [0.25, 0.3) is 0 Å². The number of anilines is 2. The maximum Gasteiger partial charge on any atom is 0.0580 e. The van der Waals surface area contributed by atoms with E-state index in [1.54, 1.807) is 0 Å². The third-order valence-corrected chi connectivity index (χ3v) is 4.00. The third kappa shape index (κ3) is 1.77. The summed E-state index contributed by atoms with van der Waals surface area (Å²) in [4.78, 5) is 0. The molecule has 1 aromatic carbocycles. The van der Waals surface area contributed by atoms with E-state index in [1.165, 1.54) is 49.9 Å². The average Bonchev–Trinajstić information content (AvgIpc) is 2.55. The number of hydrogen-bond acceptors (Lipinski definition) is 2. The van der Waals surface area contributed by atoms with Crippen LogP contribution >= 0.6 is 0 Å². The van der Waals surface area contributed by atoms with Crippen LogP contribution in [-0.2, 0) is 0 Å². The average molecular weight is 216 g/mol. The molecule has 3 rings (SSSR count). The van der Waals surface area contributed by atoms with Crippen molar-refractivity contribution in [2.75, 3.05) is 17.2 Å². The van der Waals surface area contributed by atoms with Crippen LogP contribution in [0.2, 0.25) is 0 Å². The van der Waals surface area contributed by atoms with E-state index in [2.05, 4.69) is 34.9 Å². The third-order valence-electron chi connectivity index (χ3n) is 4.00. The molecular formula is C14H20N2. The molecule has 0 unspecified atom stereocenters. The van der Waals surface area contributed by atoms with Crippen molar-refractivity contribution in [1.82, 2.24) is 0 Å². The van der Waals surface area contributed by atoms with Gasteiger partial charge in [-0.25, -0.2) is 0 Å². The van der Waals surface area contributed by atoms with Crippen LogP contribution in [0, 0.1) is 0 Å². The number of para-hydroxylation sites is 2. The smallest absolute Gasteiger partial charge is 0.0580 e. The van der Waals surface area contributed by atoms with Gasteiger partial charge in [0.05, 0.1) is 16.9 Å². The second-order valence-electron chi connectivity index (χ2n) is 5.22. The van der Waals surface area contributed by atoms with Gasteiger partial charge < -0.3 is 10.6 Å². The van der Waals surface area contributed by atoms with E-state index in [0.29, 0.717) is 5.54 Å². The minimum absolute atomic E-state index is 0.324. The molecule has 1 saturated carbocycles. The van der Waals surface area contributed by atoms with E-state index in [0.717, 1.165) is 6.54 Å². The van der Waals surface area contributed by atoms with Crippen LogP contribution in [0.1, 0.15) is 38.5 Å². The number of benzene rings is 1. The summed E-state index contributed by atoms with van der Waals surface area (Å²) in [7, 11) is 0. The van der Waals surface area contributed by atoms with Gasteiger partial charge in [-0.05, 0) is 25.0 Å². The predicted octanol–water partition coefficient (Wildman–Crippen LogP) is 3.62. The summed E-state index contributed by atoms with van der Waals surface area (Å²) < 4.78 is 0. The Kier molecular flexibility index (Phi) is 2.50. The molecule has 1 aromatic rings. The van der Waals surface area contributed by atoms with Gasteiger partial charge in [0.2, 0.25) is 0 Å². The van der Waals surface area contributed by atoms with Crippen LogP contribution in [0.5, 0.6) is 0 Å². The van der Waals surface area contributed by atoms with Crippen LogP contribution in [-0.4, -0.2) is 12.1 Å². The molecule has 1 aliphatic heterocycles. The van der Waals surface area contributed by atoms with Gasteiger partial charge in [0.15, 0.2) is 0 Å². The Morgan fingerprint density at radius 2 is 1.56 bits per heavy atom. The molecule has 0 aromatic heterocycles. The van der Waals surface area contributed by atoms with E-state index < -0.39 is 0 Å². The SMILES string of the molecule is c1ccc2c(c1)NCC1(CCCCCC1)N2. The molecule has 2 heteroatoms. The molecule has 1 aliphatic carbocycles. The molecule has 1 fully saturated rings. The summed E-state index contributed by atoms with van der Waals surface area (Å²) in [5, 5.41) is 7.38. The molecule has 0 bridgehead atoms. The fourth-order valence-electron chi connectivity index (χ4n) is 3.05. The zero-order valence-corrected chi connectivity index (χ0v) is 9.76. The standard InChI is InChI=1S/C14H20N2/c1-2-6-10-14(9-5-1)11-15-12-7-3-4-8-13(12)16-14/h3-4,7-8,15-16H,1-2,5-6,9-11H2. The zero-order valence-electron chi connectivity index (χ0n) is 9.76. The van der Waals surface area contributed by atoms with Crippen molar-refractivity contribution >= 4 is 11.4 Å². The van der Waals surface area contributed by atoms with Gasteiger partial charge in [0, 0.05) is 6.54 Å². The van der Waals surface area contributed by atoms with Crippen molar-refractivity contribution in [1.29, 1.82) is 0 Å². The summed E-state index contributed by atoms with van der Waals surface area (Å²) in [5.41, 5.74) is 2.87. The van der Waals surface area contributed by atoms with Crippen LogP contribution in [0.15, 0.2) is 24.3 Å². The highest BCUT2D eigenvalue weighted by Crippen LogP contribution is 2.37. The first-order valence-corrected chi connectivity index (χ1v) is 6.49. The highest BCUT2D eigenvalue weighted by molar-refractivity contribution is 5.72.